The summed E-state index contributed by atoms with van der Waals surface area (Å²) in [5.41, 5.74) is 1.25. The van der Waals surface area contributed by atoms with Crippen molar-refractivity contribution in [3.8, 4) is 12.1 Å². The Morgan fingerprint density at radius 3 is 2.67 bits per heavy atom. The molecule has 3 heteroatoms. The van der Waals surface area contributed by atoms with Gasteiger partial charge in [-0.05, 0) is 28.3 Å². The predicted molar refractivity (Wildman–Crippen MR) is 49.0 cm³/mol. The van der Waals surface area contributed by atoms with Gasteiger partial charge in [-0.2, -0.15) is 10.5 Å². The number of nitrogens with zero attached hydrogens (tertiary/aromatic N) is 2. The molecule has 1 aliphatic carbocycles. The van der Waals surface area contributed by atoms with Gasteiger partial charge in [-0.3, -0.25) is 0 Å². The molecule has 0 saturated heterocycles. The van der Waals surface area contributed by atoms with Gasteiger partial charge in [0.05, 0.1) is 11.6 Å². The molecule has 0 heterocycles. The highest BCUT2D eigenvalue weighted by atomic mass is 79.9. The Balaban J connectivity index is 3.15. The average molecular weight is 223 g/mol. The van der Waals surface area contributed by atoms with Crippen LogP contribution in [-0.4, -0.2) is 0 Å². The van der Waals surface area contributed by atoms with Crippen molar-refractivity contribution in [1.29, 1.82) is 10.5 Å². The first-order chi connectivity index (χ1) is 5.70. The van der Waals surface area contributed by atoms with Crippen LogP contribution in [0.1, 0.15) is 13.3 Å². The Bertz CT molecular complexity index is 339. The maximum atomic E-state index is 8.77. The van der Waals surface area contributed by atoms with Crippen molar-refractivity contribution in [1.82, 2.24) is 0 Å². The van der Waals surface area contributed by atoms with Crippen molar-refractivity contribution in [3.05, 3.63) is 21.7 Å². The second-order valence-electron chi connectivity index (χ2n) is 2.71. The van der Waals surface area contributed by atoms with E-state index >= 15 is 0 Å². The highest BCUT2D eigenvalue weighted by Crippen LogP contribution is 2.32. The predicted octanol–water partition coefficient (Wildman–Crippen LogP) is 2.65. The third-order valence-electron chi connectivity index (χ3n) is 1.88. The molecule has 0 aliphatic heterocycles. The fourth-order valence-electron chi connectivity index (χ4n) is 1.12. The van der Waals surface area contributed by atoms with Crippen LogP contribution in [0.15, 0.2) is 21.7 Å². The molecule has 1 atom stereocenters. The normalized spacial score (nSPS) is 22.7. The van der Waals surface area contributed by atoms with Gasteiger partial charge in [0.25, 0.3) is 0 Å². The molecule has 0 amide bonds. The molecule has 1 unspecified atom stereocenters. The van der Waals surface area contributed by atoms with Gasteiger partial charge in [-0.1, -0.05) is 13.0 Å². The van der Waals surface area contributed by atoms with Gasteiger partial charge in [-0.15, -0.1) is 0 Å². The Hall–Kier alpha value is -1.06. The summed E-state index contributed by atoms with van der Waals surface area (Å²) >= 11 is 3.25. The summed E-state index contributed by atoms with van der Waals surface area (Å²) in [6.45, 7) is 1.98. The average Bonchev–Trinajstić information content (AvgIpc) is 2.06. The lowest BCUT2D eigenvalue weighted by atomic mass is 9.91. The van der Waals surface area contributed by atoms with Crippen molar-refractivity contribution >= 4 is 15.9 Å². The van der Waals surface area contributed by atoms with Crippen molar-refractivity contribution < 1.29 is 0 Å². The molecular formula is C9H7BrN2. The van der Waals surface area contributed by atoms with Crippen molar-refractivity contribution in [2.45, 2.75) is 13.3 Å². The van der Waals surface area contributed by atoms with Crippen LogP contribution in [0.25, 0.3) is 0 Å². The van der Waals surface area contributed by atoms with E-state index in [1.54, 1.807) is 0 Å². The number of hydrogen-bond acceptors (Lipinski definition) is 2. The van der Waals surface area contributed by atoms with E-state index in [2.05, 4.69) is 22.0 Å². The number of allylic oxidation sites excluding steroid dienone is 4. The van der Waals surface area contributed by atoms with Crippen molar-refractivity contribution in [3.63, 3.8) is 0 Å². The van der Waals surface area contributed by atoms with Gasteiger partial charge >= 0.3 is 0 Å². The summed E-state index contributed by atoms with van der Waals surface area (Å²) in [7, 11) is 0. The summed E-state index contributed by atoms with van der Waals surface area (Å²) in [5, 5.41) is 17.4. The van der Waals surface area contributed by atoms with E-state index in [-0.39, 0.29) is 5.92 Å². The van der Waals surface area contributed by atoms with Crippen LogP contribution in [0.3, 0.4) is 0 Å². The van der Waals surface area contributed by atoms with Crippen LogP contribution < -0.4 is 0 Å². The second kappa shape index (κ2) is 3.56. The van der Waals surface area contributed by atoms with E-state index in [4.69, 9.17) is 10.5 Å². The second-order valence-corrected chi connectivity index (χ2v) is 3.50. The number of rotatable bonds is 0. The van der Waals surface area contributed by atoms with E-state index in [0.29, 0.717) is 15.6 Å². The number of halogens is 1. The molecule has 0 aromatic heterocycles. The molecule has 60 valence electrons. The third-order valence-corrected chi connectivity index (χ3v) is 2.74. The summed E-state index contributed by atoms with van der Waals surface area (Å²) in [6, 6.07) is 4.15. The monoisotopic (exact) mass is 222 g/mol. The fraction of sp³-hybridized carbons (Fsp3) is 0.333. The molecule has 0 aromatic carbocycles. The Kier molecular flexibility index (Phi) is 2.68. The molecule has 0 N–H and O–H groups in total. The lowest BCUT2D eigenvalue weighted by Gasteiger charge is -2.14. The molecule has 0 spiro atoms. The molecular weight excluding hydrogens is 216 g/mol. The third kappa shape index (κ3) is 1.42. The highest BCUT2D eigenvalue weighted by Gasteiger charge is 2.19. The Morgan fingerprint density at radius 1 is 1.50 bits per heavy atom. The van der Waals surface area contributed by atoms with Crippen LogP contribution in [-0.2, 0) is 0 Å². The molecule has 0 fully saturated rings. The maximum Gasteiger partial charge on any atom is 0.100 e. The van der Waals surface area contributed by atoms with Gasteiger partial charge in [0.2, 0.25) is 0 Å². The molecule has 12 heavy (non-hydrogen) atoms. The van der Waals surface area contributed by atoms with E-state index < -0.39 is 0 Å². The standard InChI is InChI=1S/C9H7BrN2/c1-6-2-3-7(4-11)9(10)8(6)5-12/h3,6H,2H2,1H3. The van der Waals surface area contributed by atoms with Gasteiger partial charge < -0.3 is 0 Å². The molecule has 2 nitrogen and oxygen atoms in total. The van der Waals surface area contributed by atoms with Gasteiger partial charge in [0, 0.05) is 10.1 Å². The number of hydrogen-bond donors (Lipinski definition) is 0. The van der Waals surface area contributed by atoms with Crippen LogP contribution in [0.5, 0.6) is 0 Å². The first-order valence-electron chi connectivity index (χ1n) is 3.61. The van der Waals surface area contributed by atoms with Crippen LogP contribution >= 0.6 is 15.9 Å². The fourth-order valence-corrected chi connectivity index (χ4v) is 1.85. The molecule has 0 radical (unpaired) electrons. The Morgan fingerprint density at radius 2 is 2.17 bits per heavy atom. The van der Waals surface area contributed by atoms with E-state index in [0.717, 1.165) is 6.42 Å². The molecule has 0 bridgehead atoms. The lowest BCUT2D eigenvalue weighted by molar-refractivity contribution is 0.702. The Labute approximate surface area is 79.9 Å². The molecule has 0 aromatic rings. The number of nitriles is 2. The zero-order chi connectivity index (χ0) is 9.14. The summed E-state index contributed by atoms with van der Waals surface area (Å²) in [4.78, 5) is 0. The molecule has 1 aliphatic rings. The molecule has 1 rings (SSSR count). The smallest absolute Gasteiger partial charge is 0.100 e. The zero-order valence-corrected chi connectivity index (χ0v) is 8.22. The zero-order valence-electron chi connectivity index (χ0n) is 6.63. The van der Waals surface area contributed by atoms with Gasteiger partial charge in [-0.25, -0.2) is 0 Å². The van der Waals surface area contributed by atoms with Gasteiger partial charge in [0.15, 0.2) is 0 Å². The SMILES string of the molecule is CC1CC=C(C#N)C(Br)=C1C#N. The summed E-state index contributed by atoms with van der Waals surface area (Å²) in [6.07, 6.45) is 2.64. The topological polar surface area (TPSA) is 47.6 Å². The quantitative estimate of drug-likeness (QED) is 0.633. The molecule has 0 saturated carbocycles. The van der Waals surface area contributed by atoms with E-state index in [9.17, 15) is 0 Å². The summed E-state index contributed by atoms with van der Waals surface area (Å²) in [5.74, 6) is 0.224. The maximum absolute atomic E-state index is 8.77. The van der Waals surface area contributed by atoms with Crippen LogP contribution in [0.4, 0.5) is 0 Å². The first kappa shape index (κ1) is 9.03. The highest BCUT2D eigenvalue weighted by molar-refractivity contribution is 9.12. The minimum atomic E-state index is 0.224. The minimum absolute atomic E-state index is 0.224. The van der Waals surface area contributed by atoms with Gasteiger partial charge in [0.1, 0.15) is 6.07 Å². The minimum Gasteiger partial charge on any atom is -0.193 e. The van der Waals surface area contributed by atoms with Crippen molar-refractivity contribution in [2.75, 3.05) is 0 Å². The van der Waals surface area contributed by atoms with E-state index in [1.807, 2.05) is 19.1 Å². The van der Waals surface area contributed by atoms with E-state index in [1.165, 1.54) is 0 Å². The first-order valence-corrected chi connectivity index (χ1v) is 4.40. The van der Waals surface area contributed by atoms with Crippen molar-refractivity contribution in [2.24, 2.45) is 5.92 Å². The summed E-state index contributed by atoms with van der Waals surface area (Å²) < 4.78 is 0.659. The van der Waals surface area contributed by atoms with Crippen LogP contribution in [0.2, 0.25) is 0 Å². The lowest BCUT2D eigenvalue weighted by Crippen LogP contribution is -2.04. The largest absolute Gasteiger partial charge is 0.193 e. The van der Waals surface area contributed by atoms with Crippen LogP contribution in [0, 0.1) is 28.6 Å².